The molecule has 4 aromatic rings. The topological polar surface area (TPSA) is 73.6 Å². The lowest BCUT2D eigenvalue weighted by molar-refractivity contribution is -0.111. The molecule has 0 aliphatic rings. The minimum absolute atomic E-state index is 0.261. The highest BCUT2D eigenvalue weighted by molar-refractivity contribution is 6.05. The number of aryl methyl sites for hydroxylation is 1. The lowest BCUT2D eigenvalue weighted by Crippen LogP contribution is -2.10. The van der Waals surface area contributed by atoms with Gasteiger partial charge in [0, 0.05) is 40.4 Å². The first-order valence-corrected chi connectivity index (χ1v) is 10.7. The molecule has 168 valence electrons. The molecule has 4 rings (SSSR count). The van der Waals surface area contributed by atoms with Crippen molar-refractivity contribution in [3.05, 3.63) is 78.2 Å². The average Bonchev–Trinajstić information content (AvgIpc) is 3.22. The van der Waals surface area contributed by atoms with Crippen LogP contribution in [0.3, 0.4) is 0 Å². The number of amides is 1. The number of anilines is 1. The van der Waals surface area contributed by atoms with Crippen molar-refractivity contribution in [2.45, 2.75) is 20.8 Å². The van der Waals surface area contributed by atoms with Crippen molar-refractivity contribution in [1.29, 1.82) is 0 Å². The Kier molecular flexibility index (Phi) is 6.45. The summed E-state index contributed by atoms with van der Waals surface area (Å²) in [6.07, 6.45) is 4.98. The number of para-hydroxylation sites is 1. The van der Waals surface area contributed by atoms with Crippen LogP contribution in [0, 0.1) is 6.92 Å². The minimum atomic E-state index is -0.261. The lowest BCUT2D eigenvalue weighted by Gasteiger charge is -2.12. The number of rotatable bonds is 7. The van der Waals surface area contributed by atoms with Crippen molar-refractivity contribution in [3.63, 3.8) is 0 Å². The van der Waals surface area contributed by atoms with Gasteiger partial charge in [0.05, 0.1) is 20.0 Å². The average molecular weight is 443 g/mol. The third kappa shape index (κ3) is 4.75. The maximum Gasteiger partial charge on any atom is 0.249 e. The molecule has 0 unspecified atom stereocenters. The Balaban J connectivity index is 1.74. The Bertz CT molecular complexity index is 1320. The van der Waals surface area contributed by atoms with Gasteiger partial charge in [-0.15, -0.1) is 0 Å². The largest absolute Gasteiger partial charge is 0.496 e. The number of pyridine rings is 1. The molecule has 0 bridgehead atoms. The number of fused-ring (bicyclic) bond motifs is 1. The molecule has 0 atom stereocenters. The van der Waals surface area contributed by atoms with E-state index in [2.05, 4.69) is 10.3 Å². The Morgan fingerprint density at radius 2 is 1.94 bits per heavy atom. The number of hydrogen-bond donors (Lipinski definition) is 1. The number of allylic oxidation sites excluding steroid dienone is 1. The third-order valence-corrected chi connectivity index (χ3v) is 5.31. The van der Waals surface area contributed by atoms with Gasteiger partial charge in [0.25, 0.3) is 0 Å². The number of carbonyl (C=O) groups excluding carboxylic acids is 1. The molecule has 6 nitrogen and oxygen atoms in total. The predicted molar refractivity (Wildman–Crippen MR) is 131 cm³/mol. The first kappa shape index (κ1) is 22.1. The van der Waals surface area contributed by atoms with Crippen LogP contribution in [0.15, 0.2) is 71.5 Å². The van der Waals surface area contributed by atoms with E-state index < -0.39 is 0 Å². The summed E-state index contributed by atoms with van der Waals surface area (Å²) in [7, 11) is 1.65. The first-order valence-electron chi connectivity index (χ1n) is 10.7. The zero-order valence-corrected chi connectivity index (χ0v) is 19.1. The number of aromatic nitrogens is 1. The summed E-state index contributed by atoms with van der Waals surface area (Å²) in [6.45, 7) is 6.24. The van der Waals surface area contributed by atoms with Crippen molar-refractivity contribution in [2.75, 3.05) is 19.0 Å². The Labute approximate surface area is 192 Å². The van der Waals surface area contributed by atoms with Crippen LogP contribution < -0.4 is 14.8 Å². The van der Waals surface area contributed by atoms with Crippen LogP contribution in [-0.2, 0) is 4.79 Å². The first-order chi connectivity index (χ1) is 16.0. The van der Waals surface area contributed by atoms with Crippen LogP contribution in [0.2, 0.25) is 0 Å². The van der Waals surface area contributed by atoms with Gasteiger partial charge in [0.2, 0.25) is 5.91 Å². The second kappa shape index (κ2) is 9.61. The lowest BCUT2D eigenvalue weighted by atomic mass is 9.98. The SMILES string of the molecule is CCOc1cc2occ(-c3ccccc3OC)c2cc1/C(C)=C/C(=O)Nc1ccc(C)cn1. The molecule has 0 fully saturated rings. The van der Waals surface area contributed by atoms with Gasteiger partial charge in [-0.2, -0.15) is 0 Å². The Hall–Kier alpha value is -4.06. The summed E-state index contributed by atoms with van der Waals surface area (Å²) in [6, 6.07) is 15.3. The van der Waals surface area contributed by atoms with E-state index in [9.17, 15) is 4.79 Å². The van der Waals surface area contributed by atoms with E-state index in [-0.39, 0.29) is 5.91 Å². The molecule has 2 aromatic heterocycles. The minimum Gasteiger partial charge on any atom is -0.496 e. The maximum absolute atomic E-state index is 12.6. The van der Waals surface area contributed by atoms with Crippen LogP contribution in [0.25, 0.3) is 27.7 Å². The Morgan fingerprint density at radius 3 is 2.67 bits per heavy atom. The van der Waals surface area contributed by atoms with Crippen molar-refractivity contribution < 1.29 is 18.7 Å². The zero-order valence-electron chi connectivity index (χ0n) is 19.1. The number of benzene rings is 2. The van der Waals surface area contributed by atoms with Crippen molar-refractivity contribution in [3.8, 4) is 22.6 Å². The fourth-order valence-electron chi connectivity index (χ4n) is 3.69. The molecule has 0 aliphatic heterocycles. The van der Waals surface area contributed by atoms with Gasteiger partial charge in [-0.1, -0.05) is 24.3 Å². The highest BCUT2D eigenvalue weighted by atomic mass is 16.5. The van der Waals surface area contributed by atoms with Crippen LogP contribution in [0.1, 0.15) is 25.0 Å². The summed E-state index contributed by atoms with van der Waals surface area (Å²) in [5, 5.41) is 3.71. The smallest absolute Gasteiger partial charge is 0.249 e. The normalized spacial score (nSPS) is 11.5. The molecule has 0 spiro atoms. The molecular formula is C27H26N2O4. The number of furan rings is 1. The molecule has 33 heavy (non-hydrogen) atoms. The summed E-state index contributed by atoms with van der Waals surface area (Å²) in [5.74, 6) is 1.65. The van der Waals surface area contributed by atoms with Crippen LogP contribution in [0.5, 0.6) is 11.5 Å². The summed E-state index contributed by atoms with van der Waals surface area (Å²) in [4.78, 5) is 16.9. The van der Waals surface area contributed by atoms with Gasteiger partial charge in [0.15, 0.2) is 0 Å². The quantitative estimate of drug-likeness (QED) is 0.342. The molecule has 0 radical (unpaired) electrons. The van der Waals surface area contributed by atoms with E-state index >= 15 is 0 Å². The Morgan fingerprint density at radius 1 is 1.12 bits per heavy atom. The van der Waals surface area contributed by atoms with E-state index in [0.717, 1.165) is 39.0 Å². The molecule has 1 amide bonds. The summed E-state index contributed by atoms with van der Waals surface area (Å²) < 4.78 is 17.3. The van der Waals surface area contributed by atoms with Gasteiger partial charge < -0.3 is 19.2 Å². The molecule has 0 saturated carbocycles. The van der Waals surface area contributed by atoms with Gasteiger partial charge in [-0.3, -0.25) is 4.79 Å². The van der Waals surface area contributed by atoms with E-state index in [1.807, 2.05) is 63.2 Å². The second-order valence-corrected chi connectivity index (χ2v) is 7.66. The van der Waals surface area contributed by atoms with Crippen LogP contribution in [-0.4, -0.2) is 24.6 Å². The molecule has 0 aliphatic carbocycles. The zero-order chi connectivity index (χ0) is 23.4. The molecule has 2 aromatic carbocycles. The van der Waals surface area contributed by atoms with E-state index in [4.69, 9.17) is 13.9 Å². The van der Waals surface area contributed by atoms with Gasteiger partial charge in [-0.05, 0) is 50.1 Å². The molecular weight excluding hydrogens is 416 g/mol. The highest BCUT2D eigenvalue weighted by Gasteiger charge is 2.17. The standard InChI is InChI=1S/C27H26N2O4/c1-5-32-24-14-25-21(22(16-33-25)19-8-6-7-9-23(19)31-4)13-20(24)18(3)12-27(30)29-26-11-10-17(2)15-28-26/h6-16H,5H2,1-4H3,(H,28,29,30)/b18-12+. The maximum atomic E-state index is 12.6. The van der Waals surface area contributed by atoms with E-state index in [1.165, 1.54) is 0 Å². The number of nitrogens with one attached hydrogen (secondary N) is 1. The molecule has 0 saturated heterocycles. The predicted octanol–water partition coefficient (Wildman–Crippen LogP) is 6.25. The van der Waals surface area contributed by atoms with Crippen molar-refractivity contribution in [1.82, 2.24) is 4.98 Å². The molecule has 1 N–H and O–H groups in total. The number of carbonyl (C=O) groups is 1. The van der Waals surface area contributed by atoms with Gasteiger partial charge >= 0.3 is 0 Å². The third-order valence-electron chi connectivity index (χ3n) is 5.31. The number of hydrogen-bond acceptors (Lipinski definition) is 5. The van der Waals surface area contributed by atoms with Gasteiger partial charge in [-0.25, -0.2) is 4.98 Å². The van der Waals surface area contributed by atoms with Crippen molar-refractivity contribution in [2.24, 2.45) is 0 Å². The fourth-order valence-corrected chi connectivity index (χ4v) is 3.69. The van der Waals surface area contributed by atoms with Crippen LogP contribution >= 0.6 is 0 Å². The number of methoxy groups -OCH3 is 1. The monoisotopic (exact) mass is 442 g/mol. The fraction of sp³-hybridized carbons (Fsp3) is 0.185. The highest BCUT2D eigenvalue weighted by Crippen LogP contribution is 2.40. The number of nitrogens with zero attached hydrogens (tertiary/aromatic N) is 1. The molecule has 6 heteroatoms. The molecule has 2 heterocycles. The summed E-state index contributed by atoms with van der Waals surface area (Å²) in [5.41, 5.74) is 5.14. The number of ether oxygens (including phenoxy) is 2. The van der Waals surface area contributed by atoms with Gasteiger partial charge in [0.1, 0.15) is 22.9 Å². The van der Waals surface area contributed by atoms with E-state index in [1.54, 1.807) is 31.7 Å². The van der Waals surface area contributed by atoms with Crippen molar-refractivity contribution >= 4 is 28.3 Å². The second-order valence-electron chi connectivity index (χ2n) is 7.66. The van der Waals surface area contributed by atoms with E-state index in [0.29, 0.717) is 23.8 Å². The summed E-state index contributed by atoms with van der Waals surface area (Å²) >= 11 is 0. The van der Waals surface area contributed by atoms with Crippen LogP contribution in [0.4, 0.5) is 5.82 Å².